The minimum atomic E-state index is -0.821. The van der Waals surface area contributed by atoms with E-state index in [0.29, 0.717) is 12.5 Å². The molecule has 1 saturated carbocycles. The van der Waals surface area contributed by atoms with E-state index in [4.69, 9.17) is 0 Å². The molecule has 2 heterocycles. The summed E-state index contributed by atoms with van der Waals surface area (Å²) >= 11 is 0. The molecule has 2 amide bonds. The van der Waals surface area contributed by atoms with Crippen molar-refractivity contribution in [1.82, 2.24) is 15.2 Å². The Kier molecular flexibility index (Phi) is 3.00. The van der Waals surface area contributed by atoms with Crippen molar-refractivity contribution in [3.05, 3.63) is 30.1 Å². The third-order valence-corrected chi connectivity index (χ3v) is 4.21. The molecular formula is C15H19N3O2. The van der Waals surface area contributed by atoms with Crippen LogP contribution in [-0.4, -0.2) is 33.3 Å². The van der Waals surface area contributed by atoms with Gasteiger partial charge in [0.05, 0.1) is 0 Å². The van der Waals surface area contributed by atoms with Gasteiger partial charge < -0.3 is 10.2 Å². The third kappa shape index (κ3) is 2.17. The molecule has 106 valence electrons. The molecule has 1 N–H and O–H groups in total. The van der Waals surface area contributed by atoms with Gasteiger partial charge in [0.2, 0.25) is 11.8 Å². The van der Waals surface area contributed by atoms with Crippen molar-refractivity contribution < 1.29 is 9.59 Å². The van der Waals surface area contributed by atoms with E-state index < -0.39 is 5.54 Å². The van der Waals surface area contributed by atoms with Gasteiger partial charge in [-0.15, -0.1) is 0 Å². The highest BCUT2D eigenvalue weighted by Crippen LogP contribution is 2.37. The van der Waals surface area contributed by atoms with Gasteiger partial charge >= 0.3 is 0 Å². The number of nitrogens with zero attached hydrogens (tertiary/aromatic N) is 2. The number of nitrogens with one attached hydrogen (secondary N) is 1. The van der Waals surface area contributed by atoms with E-state index >= 15 is 0 Å². The van der Waals surface area contributed by atoms with Crippen LogP contribution in [0.2, 0.25) is 0 Å². The van der Waals surface area contributed by atoms with E-state index in [0.717, 1.165) is 18.4 Å². The number of piperazine rings is 1. The second kappa shape index (κ2) is 4.58. The second-order valence-corrected chi connectivity index (χ2v) is 6.13. The Balaban J connectivity index is 1.87. The minimum absolute atomic E-state index is 0.0287. The highest BCUT2D eigenvalue weighted by atomic mass is 16.2. The van der Waals surface area contributed by atoms with E-state index in [1.165, 1.54) is 0 Å². The van der Waals surface area contributed by atoms with Gasteiger partial charge in [-0.2, -0.15) is 0 Å². The summed E-state index contributed by atoms with van der Waals surface area (Å²) in [6.07, 6.45) is 5.49. The molecule has 5 heteroatoms. The van der Waals surface area contributed by atoms with Crippen molar-refractivity contribution in [3.8, 4) is 0 Å². The van der Waals surface area contributed by atoms with Crippen LogP contribution in [0.5, 0.6) is 0 Å². The Labute approximate surface area is 118 Å². The smallest absolute Gasteiger partial charge is 0.246 e. The zero-order chi connectivity index (χ0) is 14.3. The van der Waals surface area contributed by atoms with Crippen LogP contribution in [0.25, 0.3) is 0 Å². The van der Waals surface area contributed by atoms with Gasteiger partial charge in [-0.3, -0.25) is 14.6 Å². The van der Waals surface area contributed by atoms with Gasteiger partial charge in [-0.05, 0) is 44.2 Å². The first-order valence-corrected chi connectivity index (χ1v) is 7.01. The summed E-state index contributed by atoms with van der Waals surface area (Å²) in [4.78, 5) is 30.7. The average molecular weight is 273 g/mol. The highest BCUT2D eigenvalue weighted by molar-refractivity contribution is 5.99. The van der Waals surface area contributed by atoms with Crippen molar-refractivity contribution in [1.29, 1.82) is 0 Å². The summed E-state index contributed by atoms with van der Waals surface area (Å²) in [5.74, 6) is 0.276. The number of carbonyl (C=O) groups excluding carboxylic acids is 2. The van der Waals surface area contributed by atoms with Crippen molar-refractivity contribution in [3.63, 3.8) is 0 Å². The van der Waals surface area contributed by atoms with Crippen LogP contribution < -0.4 is 5.32 Å². The maximum absolute atomic E-state index is 12.7. The Morgan fingerprint density at radius 3 is 2.75 bits per heavy atom. The molecule has 1 unspecified atom stereocenters. The number of pyridine rings is 1. The molecule has 20 heavy (non-hydrogen) atoms. The topological polar surface area (TPSA) is 62.3 Å². The zero-order valence-electron chi connectivity index (χ0n) is 11.8. The van der Waals surface area contributed by atoms with E-state index in [2.05, 4.69) is 10.3 Å². The average Bonchev–Trinajstić information content (AvgIpc) is 3.25. The molecule has 1 aromatic heterocycles. The van der Waals surface area contributed by atoms with Gasteiger partial charge in [0.15, 0.2) is 0 Å². The van der Waals surface area contributed by atoms with E-state index in [1.807, 2.05) is 12.1 Å². The van der Waals surface area contributed by atoms with Crippen molar-refractivity contribution >= 4 is 11.8 Å². The van der Waals surface area contributed by atoms with E-state index in [1.54, 1.807) is 31.1 Å². The Bertz CT molecular complexity index is 537. The maximum atomic E-state index is 12.7. The zero-order valence-corrected chi connectivity index (χ0v) is 11.8. The molecule has 0 spiro atoms. The summed E-state index contributed by atoms with van der Waals surface area (Å²) < 4.78 is 0. The number of hydrogen-bond donors (Lipinski definition) is 1. The molecule has 0 bridgehead atoms. The lowest BCUT2D eigenvalue weighted by Crippen LogP contribution is -2.68. The summed E-state index contributed by atoms with van der Waals surface area (Å²) in [6.45, 7) is 4.01. The SMILES string of the molecule is CC1(C)C(=O)NC(C2CC2)C(=O)N1Cc1cccnc1. The maximum Gasteiger partial charge on any atom is 0.246 e. The Morgan fingerprint density at radius 2 is 2.15 bits per heavy atom. The quantitative estimate of drug-likeness (QED) is 0.897. The molecule has 0 aromatic carbocycles. The second-order valence-electron chi connectivity index (χ2n) is 6.13. The van der Waals surface area contributed by atoms with Crippen molar-refractivity contribution in [2.45, 2.75) is 44.8 Å². The molecule has 2 aliphatic rings. The molecule has 5 nitrogen and oxygen atoms in total. The lowest BCUT2D eigenvalue weighted by Gasteiger charge is -2.44. The Morgan fingerprint density at radius 1 is 1.40 bits per heavy atom. The van der Waals surface area contributed by atoms with Crippen LogP contribution in [0, 0.1) is 5.92 Å². The van der Waals surface area contributed by atoms with Gasteiger partial charge in [-0.25, -0.2) is 0 Å². The summed E-state index contributed by atoms with van der Waals surface area (Å²) in [5.41, 5.74) is 0.122. The summed E-state index contributed by atoms with van der Waals surface area (Å²) in [5, 5.41) is 2.89. The van der Waals surface area contributed by atoms with Crippen LogP contribution in [0.4, 0.5) is 0 Å². The first kappa shape index (κ1) is 13.1. The van der Waals surface area contributed by atoms with Crippen LogP contribution in [-0.2, 0) is 16.1 Å². The number of amides is 2. The molecule has 1 atom stereocenters. The number of hydrogen-bond acceptors (Lipinski definition) is 3. The number of carbonyl (C=O) groups is 2. The lowest BCUT2D eigenvalue weighted by atomic mass is 9.93. The van der Waals surface area contributed by atoms with Crippen LogP contribution in [0.1, 0.15) is 32.3 Å². The first-order valence-electron chi connectivity index (χ1n) is 7.01. The van der Waals surface area contributed by atoms with Crippen LogP contribution in [0.15, 0.2) is 24.5 Å². The fourth-order valence-electron chi connectivity index (χ4n) is 2.64. The lowest BCUT2D eigenvalue weighted by molar-refractivity contribution is -0.156. The number of rotatable bonds is 3. The van der Waals surface area contributed by atoms with Gasteiger partial charge in [0.25, 0.3) is 0 Å². The Hall–Kier alpha value is -1.91. The molecule has 1 aromatic rings. The standard InChI is InChI=1S/C15H19N3O2/c1-15(2)14(20)17-12(11-5-6-11)13(19)18(15)9-10-4-3-7-16-8-10/h3-4,7-8,11-12H,5-6,9H2,1-2H3,(H,17,20). The molecule has 3 rings (SSSR count). The molecule has 1 saturated heterocycles. The normalized spacial score (nSPS) is 25.5. The van der Waals surface area contributed by atoms with E-state index in [-0.39, 0.29) is 17.9 Å². The third-order valence-electron chi connectivity index (χ3n) is 4.21. The molecular weight excluding hydrogens is 254 g/mol. The molecule has 0 radical (unpaired) electrons. The molecule has 2 fully saturated rings. The predicted octanol–water partition coefficient (Wildman–Crippen LogP) is 1.10. The van der Waals surface area contributed by atoms with E-state index in [9.17, 15) is 9.59 Å². The van der Waals surface area contributed by atoms with Gasteiger partial charge in [-0.1, -0.05) is 6.07 Å². The van der Waals surface area contributed by atoms with Crippen molar-refractivity contribution in [2.75, 3.05) is 0 Å². The molecule has 1 aliphatic heterocycles. The first-order chi connectivity index (χ1) is 9.50. The minimum Gasteiger partial charge on any atom is -0.342 e. The summed E-state index contributed by atoms with van der Waals surface area (Å²) in [7, 11) is 0. The summed E-state index contributed by atoms with van der Waals surface area (Å²) in [6, 6.07) is 3.43. The largest absolute Gasteiger partial charge is 0.342 e. The van der Waals surface area contributed by atoms with Crippen LogP contribution >= 0.6 is 0 Å². The van der Waals surface area contributed by atoms with Gasteiger partial charge in [0, 0.05) is 18.9 Å². The van der Waals surface area contributed by atoms with Crippen LogP contribution in [0.3, 0.4) is 0 Å². The molecule has 1 aliphatic carbocycles. The number of aromatic nitrogens is 1. The van der Waals surface area contributed by atoms with Gasteiger partial charge in [0.1, 0.15) is 11.6 Å². The van der Waals surface area contributed by atoms with Crippen molar-refractivity contribution in [2.24, 2.45) is 5.92 Å². The highest BCUT2D eigenvalue weighted by Gasteiger charge is 2.50. The predicted molar refractivity (Wildman–Crippen MR) is 73.5 cm³/mol. The monoisotopic (exact) mass is 273 g/mol. The fourth-order valence-corrected chi connectivity index (χ4v) is 2.64. The fraction of sp³-hybridized carbons (Fsp3) is 0.533.